The van der Waals surface area contributed by atoms with Crippen molar-refractivity contribution in [1.29, 1.82) is 0 Å². The van der Waals surface area contributed by atoms with Crippen molar-refractivity contribution < 1.29 is 14.3 Å². The number of carbonyl (C=O) groups excluding carboxylic acids is 1. The number of para-hydroxylation sites is 1. The minimum atomic E-state index is -0.279. The van der Waals surface area contributed by atoms with Crippen LogP contribution in [0.1, 0.15) is 22.8 Å². The fraction of sp³-hybridized carbons (Fsp3) is 0.240. The largest absolute Gasteiger partial charge is 0.481 e. The fourth-order valence-corrected chi connectivity index (χ4v) is 3.87. The molecule has 1 heterocycles. The zero-order valence-electron chi connectivity index (χ0n) is 17.3. The van der Waals surface area contributed by atoms with Crippen LogP contribution in [-0.4, -0.2) is 26.7 Å². The molecule has 0 aromatic heterocycles. The van der Waals surface area contributed by atoms with E-state index >= 15 is 0 Å². The number of benzene rings is 3. The standard InChI is InChI=1S/C25H26N2O3/c1-27-16-23(30-25-21(14-24(28)29-2)10-5-11-22(25)27)20-9-4-8-19(13-20)18-7-3-6-17(12-18)15-26/h3-13,23H,14-16,26H2,1-2H3. The summed E-state index contributed by atoms with van der Waals surface area (Å²) in [5.74, 6) is 0.468. The highest BCUT2D eigenvalue weighted by Crippen LogP contribution is 2.40. The molecule has 1 atom stereocenters. The van der Waals surface area contributed by atoms with E-state index < -0.39 is 0 Å². The summed E-state index contributed by atoms with van der Waals surface area (Å²) in [6, 6.07) is 22.6. The van der Waals surface area contributed by atoms with Crippen molar-refractivity contribution in [3.05, 3.63) is 83.4 Å². The molecule has 4 rings (SSSR count). The number of esters is 1. The van der Waals surface area contributed by atoms with E-state index in [4.69, 9.17) is 15.2 Å². The van der Waals surface area contributed by atoms with Gasteiger partial charge in [-0.1, -0.05) is 48.5 Å². The number of nitrogens with two attached hydrogens (primary N) is 1. The van der Waals surface area contributed by atoms with Crippen molar-refractivity contribution in [2.45, 2.75) is 19.1 Å². The number of anilines is 1. The molecule has 0 spiro atoms. The van der Waals surface area contributed by atoms with Gasteiger partial charge in [-0.2, -0.15) is 0 Å². The Balaban J connectivity index is 1.66. The number of nitrogens with zero attached hydrogens (tertiary/aromatic N) is 1. The Morgan fingerprint density at radius 1 is 1.10 bits per heavy atom. The summed E-state index contributed by atoms with van der Waals surface area (Å²) in [6.07, 6.45) is 0.0468. The minimum Gasteiger partial charge on any atom is -0.481 e. The SMILES string of the molecule is COC(=O)Cc1cccc2c1OC(c1cccc(-c3cccc(CN)c3)c1)CN2C. The lowest BCUT2D eigenvalue weighted by atomic mass is 9.98. The molecule has 0 bridgehead atoms. The van der Waals surface area contributed by atoms with Gasteiger partial charge in [0.1, 0.15) is 11.9 Å². The van der Waals surface area contributed by atoms with Crippen LogP contribution >= 0.6 is 0 Å². The summed E-state index contributed by atoms with van der Waals surface area (Å²) in [5, 5.41) is 0. The monoisotopic (exact) mass is 402 g/mol. The first-order valence-corrected chi connectivity index (χ1v) is 10.0. The van der Waals surface area contributed by atoms with Gasteiger partial charge in [0.2, 0.25) is 0 Å². The van der Waals surface area contributed by atoms with Gasteiger partial charge in [-0.3, -0.25) is 4.79 Å². The Labute approximate surface area is 177 Å². The summed E-state index contributed by atoms with van der Waals surface area (Å²) in [4.78, 5) is 14.0. The molecular formula is C25H26N2O3. The van der Waals surface area contributed by atoms with Crippen molar-refractivity contribution in [2.75, 3.05) is 25.6 Å². The first-order chi connectivity index (χ1) is 14.6. The Morgan fingerprint density at radius 2 is 1.83 bits per heavy atom. The molecule has 5 heteroatoms. The number of carbonyl (C=O) groups is 1. The number of methoxy groups -OCH3 is 1. The maximum absolute atomic E-state index is 11.9. The van der Waals surface area contributed by atoms with Crippen LogP contribution in [0.5, 0.6) is 5.75 Å². The van der Waals surface area contributed by atoms with Crippen molar-refractivity contribution in [1.82, 2.24) is 0 Å². The van der Waals surface area contributed by atoms with Crippen LogP contribution in [0.15, 0.2) is 66.7 Å². The maximum Gasteiger partial charge on any atom is 0.310 e. The van der Waals surface area contributed by atoms with Gasteiger partial charge in [0.05, 0.1) is 25.8 Å². The van der Waals surface area contributed by atoms with Gasteiger partial charge in [0, 0.05) is 19.2 Å². The number of hydrogen-bond donors (Lipinski definition) is 1. The van der Waals surface area contributed by atoms with Crippen LogP contribution in [0, 0.1) is 0 Å². The van der Waals surface area contributed by atoms with Gasteiger partial charge in [-0.15, -0.1) is 0 Å². The lowest BCUT2D eigenvalue weighted by molar-refractivity contribution is -0.139. The van der Waals surface area contributed by atoms with Crippen LogP contribution in [0.3, 0.4) is 0 Å². The first-order valence-electron chi connectivity index (χ1n) is 10.0. The van der Waals surface area contributed by atoms with Gasteiger partial charge in [0.15, 0.2) is 0 Å². The third-order valence-corrected chi connectivity index (χ3v) is 5.50. The summed E-state index contributed by atoms with van der Waals surface area (Å²) >= 11 is 0. The van der Waals surface area contributed by atoms with Crippen LogP contribution < -0.4 is 15.4 Å². The molecule has 1 unspecified atom stereocenters. The number of rotatable bonds is 5. The van der Waals surface area contributed by atoms with Gasteiger partial charge >= 0.3 is 5.97 Å². The number of fused-ring (bicyclic) bond motifs is 1. The lowest BCUT2D eigenvalue weighted by Gasteiger charge is -2.35. The third-order valence-electron chi connectivity index (χ3n) is 5.50. The van der Waals surface area contributed by atoms with E-state index in [0.717, 1.165) is 45.8 Å². The lowest BCUT2D eigenvalue weighted by Crippen LogP contribution is -2.32. The third kappa shape index (κ3) is 4.02. The quantitative estimate of drug-likeness (QED) is 0.651. The predicted molar refractivity (Wildman–Crippen MR) is 119 cm³/mol. The second kappa shape index (κ2) is 8.59. The maximum atomic E-state index is 11.9. The second-order valence-electron chi connectivity index (χ2n) is 7.54. The zero-order chi connectivity index (χ0) is 21.1. The molecule has 1 aliphatic heterocycles. The van der Waals surface area contributed by atoms with E-state index in [-0.39, 0.29) is 18.5 Å². The molecule has 1 aliphatic rings. The molecular weight excluding hydrogens is 376 g/mol. The molecule has 3 aromatic carbocycles. The van der Waals surface area contributed by atoms with Gasteiger partial charge in [-0.25, -0.2) is 0 Å². The minimum absolute atomic E-state index is 0.140. The van der Waals surface area contributed by atoms with Crippen LogP contribution in [0.25, 0.3) is 11.1 Å². The Kier molecular flexibility index (Phi) is 5.72. The molecule has 2 N–H and O–H groups in total. The van der Waals surface area contributed by atoms with Crippen LogP contribution in [0.2, 0.25) is 0 Å². The van der Waals surface area contributed by atoms with E-state index in [1.807, 2.05) is 37.4 Å². The van der Waals surface area contributed by atoms with Gasteiger partial charge < -0.3 is 20.1 Å². The molecule has 0 radical (unpaired) electrons. The van der Waals surface area contributed by atoms with E-state index in [0.29, 0.717) is 6.54 Å². The molecule has 0 amide bonds. The van der Waals surface area contributed by atoms with E-state index in [2.05, 4.69) is 41.3 Å². The van der Waals surface area contributed by atoms with Crippen LogP contribution in [-0.2, 0) is 22.5 Å². The highest BCUT2D eigenvalue weighted by Gasteiger charge is 2.27. The van der Waals surface area contributed by atoms with Gasteiger partial charge in [0.25, 0.3) is 0 Å². The molecule has 3 aromatic rings. The summed E-state index contributed by atoms with van der Waals surface area (Å²) in [7, 11) is 3.45. The van der Waals surface area contributed by atoms with E-state index in [1.165, 1.54) is 7.11 Å². The smallest absolute Gasteiger partial charge is 0.310 e. The number of hydrogen-bond acceptors (Lipinski definition) is 5. The summed E-state index contributed by atoms with van der Waals surface area (Å²) in [5.41, 5.74) is 12.1. The number of likely N-dealkylation sites (N-methyl/N-ethyl adjacent to an activating group) is 1. The fourth-order valence-electron chi connectivity index (χ4n) is 3.87. The predicted octanol–water partition coefficient (Wildman–Crippen LogP) is 4.10. The van der Waals surface area contributed by atoms with Crippen LogP contribution in [0.4, 0.5) is 5.69 Å². The van der Waals surface area contributed by atoms with Crippen molar-refractivity contribution in [2.24, 2.45) is 5.73 Å². The molecule has 30 heavy (non-hydrogen) atoms. The summed E-state index contributed by atoms with van der Waals surface area (Å²) in [6.45, 7) is 1.24. The van der Waals surface area contributed by atoms with E-state index in [1.54, 1.807) is 0 Å². The average Bonchev–Trinajstić information content (AvgIpc) is 2.79. The Bertz CT molecular complexity index is 1060. The molecule has 5 nitrogen and oxygen atoms in total. The van der Waals surface area contributed by atoms with Gasteiger partial charge in [-0.05, 0) is 40.5 Å². The normalized spacial score (nSPS) is 15.3. The molecule has 0 aliphatic carbocycles. The zero-order valence-corrected chi connectivity index (χ0v) is 17.3. The van der Waals surface area contributed by atoms with Crippen molar-refractivity contribution in [3.63, 3.8) is 0 Å². The molecule has 0 saturated carbocycles. The second-order valence-corrected chi connectivity index (χ2v) is 7.54. The Hall–Kier alpha value is -3.31. The first kappa shape index (κ1) is 20.0. The molecule has 0 saturated heterocycles. The topological polar surface area (TPSA) is 64.8 Å². The highest BCUT2D eigenvalue weighted by atomic mass is 16.5. The highest BCUT2D eigenvalue weighted by molar-refractivity contribution is 5.76. The Morgan fingerprint density at radius 3 is 2.60 bits per heavy atom. The van der Waals surface area contributed by atoms with E-state index in [9.17, 15) is 4.79 Å². The average molecular weight is 402 g/mol. The molecule has 154 valence electrons. The summed E-state index contributed by atoms with van der Waals surface area (Å²) < 4.78 is 11.3. The van der Waals surface area contributed by atoms with Crippen molar-refractivity contribution in [3.8, 4) is 16.9 Å². The molecule has 0 fully saturated rings. The van der Waals surface area contributed by atoms with Crippen molar-refractivity contribution >= 4 is 11.7 Å². The number of ether oxygens (including phenoxy) is 2.